The van der Waals surface area contributed by atoms with Crippen molar-refractivity contribution in [2.45, 2.75) is 45.2 Å². The van der Waals surface area contributed by atoms with Gasteiger partial charge in [-0.1, -0.05) is 31.2 Å². The predicted molar refractivity (Wildman–Crippen MR) is 124 cm³/mol. The minimum absolute atomic E-state index is 0.0833. The SMILES string of the molecule is Cc1cccc(F)c1CN1C[C@H](c2ccc(N3CCC(C)CC3)cc2)[C@@H](N(C)C)C1. The summed E-state index contributed by atoms with van der Waals surface area (Å²) in [5, 5.41) is 0. The van der Waals surface area contributed by atoms with Crippen LogP contribution in [0.25, 0.3) is 0 Å². The van der Waals surface area contributed by atoms with E-state index in [1.165, 1.54) is 37.2 Å². The summed E-state index contributed by atoms with van der Waals surface area (Å²) in [6.45, 7) is 9.32. The van der Waals surface area contributed by atoms with Crippen molar-refractivity contribution in [3.8, 4) is 0 Å². The molecular weight excluding hydrogens is 373 g/mol. The Morgan fingerprint density at radius 1 is 1.00 bits per heavy atom. The Balaban J connectivity index is 1.48. The highest BCUT2D eigenvalue weighted by atomic mass is 19.1. The van der Waals surface area contributed by atoms with Gasteiger partial charge in [0.15, 0.2) is 0 Å². The zero-order valence-corrected chi connectivity index (χ0v) is 18.9. The maximum atomic E-state index is 14.4. The normalized spacial score (nSPS) is 23.5. The highest BCUT2D eigenvalue weighted by Gasteiger charge is 2.35. The van der Waals surface area contributed by atoms with Crippen LogP contribution >= 0.6 is 0 Å². The molecule has 0 N–H and O–H groups in total. The van der Waals surface area contributed by atoms with E-state index >= 15 is 0 Å². The predicted octanol–water partition coefficient (Wildman–Crippen LogP) is 4.90. The van der Waals surface area contributed by atoms with Crippen molar-refractivity contribution in [1.82, 2.24) is 9.80 Å². The number of likely N-dealkylation sites (N-methyl/N-ethyl adjacent to an activating group) is 1. The molecule has 2 saturated heterocycles. The summed E-state index contributed by atoms with van der Waals surface area (Å²) in [5.74, 6) is 1.21. The molecule has 2 aromatic carbocycles. The molecule has 2 atom stereocenters. The second-order valence-corrected chi connectivity index (χ2v) is 9.63. The molecule has 2 aromatic rings. The largest absolute Gasteiger partial charge is 0.372 e. The Kier molecular flexibility index (Phi) is 6.45. The number of hydrogen-bond acceptors (Lipinski definition) is 3. The van der Waals surface area contributed by atoms with Gasteiger partial charge in [0.25, 0.3) is 0 Å². The van der Waals surface area contributed by atoms with Gasteiger partial charge in [0.05, 0.1) is 0 Å². The molecule has 0 aliphatic carbocycles. The molecule has 0 bridgehead atoms. The summed E-state index contributed by atoms with van der Waals surface area (Å²) < 4.78 is 14.4. The molecule has 162 valence electrons. The van der Waals surface area contributed by atoms with E-state index in [1.807, 2.05) is 13.0 Å². The molecule has 0 spiro atoms. The molecule has 2 aliphatic heterocycles. The van der Waals surface area contributed by atoms with Gasteiger partial charge in [0.2, 0.25) is 0 Å². The fourth-order valence-electron chi connectivity index (χ4n) is 5.14. The monoisotopic (exact) mass is 409 g/mol. The van der Waals surface area contributed by atoms with Crippen LogP contribution in [0.15, 0.2) is 42.5 Å². The van der Waals surface area contributed by atoms with Gasteiger partial charge in [-0.15, -0.1) is 0 Å². The summed E-state index contributed by atoms with van der Waals surface area (Å²) in [5.41, 5.74) is 4.63. The van der Waals surface area contributed by atoms with Gasteiger partial charge < -0.3 is 9.80 Å². The molecule has 2 aliphatic rings. The van der Waals surface area contributed by atoms with Gasteiger partial charge in [-0.05, 0) is 69.1 Å². The van der Waals surface area contributed by atoms with Crippen molar-refractivity contribution in [2.75, 3.05) is 45.2 Å². The van der Waals surface area contributed by atoms with E-state index in [0.717, 1.165) is 30.1 Å². The second-order valence-electron chi connectivity index (χ2n) is 9.63. The van der Waals surface area contributed by atoms with E-state index in [1.54, 1.807) is 12.1 Å². The Bertz CT molecular complexity index is 820. The first kappa shape index (κ1) is 21.3. The van der Waals surface area contributed by atoms with Crippen molar-refractivity contribution >= 4 is 5.69 Å². The van der Waals surface area contributed by atoms with Crippen molar-refractivity contribution in [2.24, 2.45) is 5.92 Å². The molecule has 4 heteroatoms. The van der Waals surface area contributed by atoms with Crippen LogP contribution in [0, 0.1) is 18.7 Å². The summed E-state index contributed by atoms with van der Waals surface area (Å²) >= 11 is 0. The number of likely N-dealkylation sites (tertiary alicyclic amines) is 1. The van der Waals surface area contributed by atoms with E-state index in [0.29, 0.717) is 18.5 Å². The van der Waals surface area contributed by atoms with E-state index in [4.69, 9.17) is 0 Å². The maximum Gasteiger partial charge on any atom is 0.127 e. The molecule has 0 aromatic heterocycles. The lowest BCUT2D eigenvalue weighted by atomic mass is 9.93. The van der Waals surface area contributed by atoms with Gasteiger partial charge in [0.1, 0.15) is 5.82 Å². The molecule has 0 amide bonds. The Morgan fingerprint density at radius 3 is 2.33 bits per heavy atom. The number of nitrogens with zero attached hydrogens (tertiary/aromatic N) is 3. The highest BCUT2D eigenvalue weighted by molar-refractivity contribution is 5.49. The number of benzene rings is 2. The quantitative estimate of drug-likeness (QED) is 0.695. The van der Waals surface area contributed by atoms with Crippen molar-refractivity contribution in [3.63, 3.8) is 0 Å². The third-order valence-electron chi connectivity index (χ3n) is 7.23. The first-order valence-electron chi connectivity index (χ1n) is 11.4. The highest BCUT2D eigenvalue weighted by Crippen LogP contribution is 2.33. The van der Waals surface area contributed by atoms with E-state index in [-0.39, 0.29) is 5.82 Å². The Hall–Kier alpha value is -1.91. The summed E-state index contributed by atoms with van der Waals surface area (Å²) in [6, 6.07) is 15.1. The number of rotatable bonds is 5. The Labute approximate surface area is 181 Å². The third kappa shape index (κ3) is 4.55. The van der Waals surface area contributed by atoms with Crippen molar-refractivity contribution in [3.05, 3.63) is 65.0 Å². The van der Waals surface area contributed by atoms with Gasteiger partial charge >= 0.3 is 0 Å². The van der Waals surface area contributed by atoms with Crippen LogP contribution in [0.1, 0.15) is 42.4 Å². The van der Waals surface area contributed by atoms with E-state index < -0.39 is 0 Å². The average molecular weight is 410 g/mol. The fraction of sp³-hybridized carbons (Fsp3) is 0.538. The standard InChI is InChI=1S/C26H36FN3/c1-19-12-14-30(15-13-19)22-10-8-21(9-11-22)24-17-29(18-26(24)28(3)4)16-23-20(2)6-5-7-25(23)27/h5-11,19,24,26H,12-18H2,1-4H3/t24-,26+/m1/s1. The molecule has 3 nitrogen and oxygen atoms in total. The zero-order valence-electron chi connectivity index (χ0n) is 18.9. The second kappa shape index (κ2) is 9.07. The number of hydrogen-bond donors (Lipinski definition) is 0. The van der Waals surface area contributed by atoms with Crippen LogP contribution in [0.3, 0.4) is 0 Å². The smallest absolute Gasteiger partial charge is 0.127 e. The number of piperidine rings is 1. The first-order chi connectivity index (χ1) is 14.4. The molecule has 0 saturated carbocycles. The molecule has 30 heavy (non-hydrogen) atoms. The van der Waals surface area contributed by atoms with E-state index in [9.17, 15) is 4.39 Å². The third-order valence-corrected chi connectivity index (χ3v) is 7.23. The van der Waals surface area contributed by atoms with Gasteiger partial charge in [-0.25, -0.2) is 4.39 Å². The number of anilines is 1. The number of halogens is 1. The average Bonchev–Trinajstić information content (AvgIpc) is 3.16. The summed E-state index contributed by atoms with van der Waals surface area (Å²) in [7, 11) is 4.33. The van der Waals surface area contributed by atoms with Crippen LogP contribution < -0.4 is 4.90 Å². The molecule has 2 fully saturated rings. The molecule has 0 radical (unpaired) electrons. The minimum atomic E-state index is -0.0833. The lowest BCUT2D eigenvalue weighted by Gasteiger charge is -2.32. The first-order valence-corrected chi connectivity index (χ1v) is 11.4. The number of aryl methyl sites for hydroxylation is 1. The summed E-state index contributed by atoms with van der Waals surface area (Å²) in [6.07, 6.45) is 2.58. The van der Waals surface area contributed by atoms with Crippen molar-refractivity contribution < 1.29 is 4.39 Å². The molecule has 4 rings (SSSR count). The molecule has 2 heterocycles. The van der Waals surface area contributed by atoms with Crippen LogP contribution in [0.5, 0.6) is 0 Å². The van der Waals surface area contributed by atoms with E-state index in [2.05, 4.69) is 60.0 Å². The zero-order chi connectivity index (χ0) is 21.3. The lowest BCUT2D eigenvalue weighted by molar-refractivity contribution is 0.258. The van der Waals surface area contributed by atoms with Gasteiger partial charge in [-0.3, -0.25) is 4.90 Å². The minimum Gasteiger partial charge on any atom is -0.372 e. The fourth-order valence-corrected chi connectivity index (χ4v) is 5.14. The maximum absolute atomic E-state index is 14.4. The molecule has 0 unspecified atom stereocenters. The van der Waals surface area contributed by atoms with Crippen LogP contribution in [-0.4, -0.2) is 56.1 Å². The van der Waals surface area contributed by atoms with Gasteiger partial charge in [0, 0.05) is 55.9 Å². The lowest BCUT2D eigenvalue weighted by Crippen LogP contribution is -2.34. The topological polar surface area (TPSA) is 9.72 Å². The van der Waals surface area contributed by atoms with Crippen LogP contribution in [0.4, 0.5) is 10.1 Å². The van der Waals surface area contributed by atoms with Crippen LogP contribution in [-0.2, 0) is 6.54 Å². The van der Waals surface area contributed by atoms with Crippen molar-refractivity contribution in [1.29, 1.82) is 0 Å². The summed E-state index contributed by atoms with van der Waals surface area (Å²) in [4.78, 5) is 7.27. The van der Waals surface area contributed by atoms with Gasteiger partial charge in [-0.2, -0.15) is 0 Å². The molecular formula is C26H36FN3. The Morgan fingerprint density at radius 2 is 1.70 bits per heavy atom. The van der Waals surface area contributed by atoms with Crippen LogP contribution in [0.2, 0.25) is 0 Å².